The van der Waals surface area contributed by atoms with E-state index >= 15 is 0 Å². The number of anilines is 2. The van der Waals surface area contributed by atoms with Crippen LogP contribution < -0.4 is 25.8 Å². The van der Waals surface area contributed by atoms with Crippen LogP contribution in [0.3, 0.4) is 0 Å². The third-order valence-electron chi connectivity index (χ3n) is 11.6. The van der Waals surface area contributed by atoms with Gasteiger partial charge in [-0.15, -0.1) is 0 Å². The van der Waals surface area contributed by atoms with Gasteiger partial charge in [-0.05, 0) is 91.1 Å². The fourth-order valence-electron chi connectivity index (χ4n) is 7.85. The number of carbonyl (C=O) groups is 3. The molecule has 0 saturated carbocycles. The summed E-state index contributed by atoms with van der Waals surface area (Å²) in [7, 11) is 0. The number of phenolic OH excluding ortho intramolecular Hbond substituents is 2. The topological polar surface area (TPSA) is 230 Å². The van der Waals surface area contributed by atoms with Crippen molar-refractivity contribution in [1.29, 1.82) is 0 Å². The van der Waals surface area contributed by atoms with Crippen LogP contribution in [-0.4, -0.2) is 126 Å². The number of carbonyl (C=O) groups excluding carboxylic acids is 3. The Balaban J connectivity index is 0.799. The molecule has 2 fully saturated rings. The third kappa shape index (κ3) is 11.1. The van der Waals surface area contributed by atoms with Gasteiger partial charge in [0.25, 0.3) is 5.91 Å². The Kier molecular flexibility index (Phi) is 14.4. The molecule has 0 bridgehead atoms. The minimum Gasteiger partial charge on any atom is -0.508 e. The van der Waals surface area contributed by atoms with E-state index in [-0.39, 0.29) is 48.9 Å². The molecule has 354 valence electrons. The number of hydrogen-bond donors (Lipinski definition) is 5. The molecule has 19 nitrogen and oxygen atoms in total. The molecule has 5 N–H and O–H groups in total. The van der Waals surface area contributed by atoms with Crippen molar-refractivity contribution < 1.29 is 38.8 Å². The number of rotatable bonds is 12. The van der Waals surface area contributed by atoms with E-state index in [0.717, 1.165) is 21.3 Å². The van der Waals surface area contributed by atoms with Crippen molar-refractivity contribution in [3.63, 3.8) is 0 Å². The Morgan fingerprint density at radius 1 is 0.897 bits per heavy atom. The molecule has 2 saturated heterocycles. The van der Waals surface area contributed by atoms with Crippen LogP contribution in [0, 0.1) is 13.8 Å². The SMILES string of the molecule is Cc1cnc(NC(=O)Nc2cc(Br)c(C)cc2OC[C@@H]2CN(C(=O)Oc3ccc(C(=O)N4CCN(Cc5ccc(-n6c(-c7cc(C(C)C)c(O)cc7O)n[nH]c6=O)cc5)CC4)cc3)CCO2)cn1. The van der Waals surface area contributed by atoms with E-state index in [2.05, 4.69) is 51.6 Å². The molecule has 4 aromatic carbocycles. The van der Waals surface area contributed by atoms with Crippen LogP contribution in [0.15, 0.2) is 94.5 Å². The van der Waals surface area contributed by atoms with Crippen LogP contribution >= 0.6 is 15.9 Å². The fourth-order valence-corrected chi connectivity index (χ4v) is 8.20. The predicted molar refractivity (Wildman–Crippen MR) is 256 cm³/mol. The number of piperazine rings is 1. The first-order chi connectivity index (χ1) is 32.7. The number of nitrogens with zero attached hydrogens (tertiary/aromatic N) is 7. The molecule has 68 heavy (non-hydrogen) atoms. The molecule has 6 aromatic rings. The molecule has 0 spiro atoms. The van der Waals surface area contributed by atoms with Crippen molar-refractivity contribution in [2.45, 2.75) is 46.3 Å². The summed E-state index contributed by atoms with van der Waals surface area (Å²) in [6, 6.07) is 19.9. The van der Waals surface area contributed by atoms with Crippen molar-refractivity contribution in [1.82, 2.24) is 39.4 Å². The van der Waals surface area contributed by atoms with E-state index in [9.17, 15) is 29.4 Å². The highest BCUT2D eigenvalue weighted by molar-refractivity contribution is 9.10. The van der Waals surface area contributed by atoms with Gasteiger partial charge in [0, 0.05) is 55.4 Å². The van der Waals surface area contributed by atoms with E-state index in [4.69, 9.17) is 14.2 Å². The largest absolute Gasteiger partial charge is 0.508 e. The maximum Gasteiger partial charge on any atom is 0.415 e. The second kappa shape index (κ2) is 20.7. The summed E-state index contributed by atoms with van der Waals surface area (Å²) in [5, 5.41) is 33.1. The lowest BCUT2D eigenvalue weighted by Gasteiger charge is -2.35. The molecule has 2 aromatic heterocycles. The predicted octanol–water partition coefficient (Wildman–Crippen LogP) is 6.81. The molecule has 20 heteroatoms. The number of halogens is 1. The minimum atomic E-state index is -0.560. The summed E-state index contributed by atoms with van der Waals surface area (Å²) in [5.74, 6) is 0.858. The van der Waals surface area contributed by atoms with Crippen LogP contribution in [0.2, 0.25) is 0 Å². The molecule has 2 aliphatic rings. The first-order valence-corrected chi connectivity index (χ1v) is 22.8. The van der Waals surface area contributed by atoms with Gasteiger partial charge < -0.3 is 39.5 Å². The lowest BCUT2D eigenvalue weighted by molar-refractivity contribution is -0.0400. The number of nitrogens with one attached hydrogen (secondary N) is 3. The van der Waals surface area contributed by atoms with Gasteiger partial charge in [-0.2, -0.15) is 5.10 Å². The number of aromatic hydroxyl groups is 2. The zero-order chi connectivity index (χ0) is 48.1. The van der Waals surface area contributed by atoms with Gasteiger partial charge >= 0.3 is 17.8 Å². The minimum absolute atomic E-state index is 0.0229. The van der Waals surface area contributed by atoms with Gasteiger partial charge in [0.2, 0.25) is 0 Å². The number of aromatic nitrogens is 5. The van der Waals surface area contributed by atoms with Crippen molar-refractivity contribution in [3.8, 4) is 40.1 Å². The van der Waals surface area contributed by atoms with Crippen LogP contribution in [0.25, 0.3) is 17.1 Å². The molecule has 1 atom stereocenters. The van der Waals surface area contributed by atoms with Crippen LogP contribution in [0.5, 0.6) is 23.0 Å². The first kappa shape index (κ1) is 47.2. The fraction of sp³-hybridized carbons (Fsp3) is 0.312. The molecule has 0 unspecified atom stereocenters. The van der Waals surface area contributed by atoms with Crippen LogP contribution in [-0.2, 0) is 11.3 Å². The summed E-state index contributed by atoms with van der Waals surface area (Å²) in [4.78, 5) is 66.4. The molecular weight excluding hydrogens is 940 g/mol. The lowest BCUT2D eigenvalue weighted by Crippen LogP contribution is -2.48. The van der Waals surface area contributed by atoms with Gasteiger partial charge in [0.05, 0.1) is 48.2 Å². The number of benzene rings is 4. The van der Waals surface area contributed by atoms with E-state index in [0.29, 0.717) is 84.7 Å². The molecule has 0 radical (unpaired) electrons. The average Bonchev–Trinajstić information content (AvgIpc) is 3.71. The highest BCUT2D eigenvalue weighted by Gasteiger charge is 2.28. The van der Waals surface area contributed by atoms with Crippen molar-refractivity contribution >= 4 is 45.5 Å². The molecule has 2 aliphatic heterocycles. The monoisotopic (exact) mass is 990 g/mol. The number of phenols is 2. The molecule has 4 heterocycles. The standard InChI is InChI=1S/C48H51BrN10O9/c1-28(2)36-20-37(41(61)22-40(36)60)44-54-55-47(64)59(44)33-9-5-31(6-10-33)25-56-13-15-57(16-14-56)45(62)32-7-11-34(12-8-32)68-48(65)58-17-18-66-35(26-58)27-67-42-19-29(3)38(49)21-39(42)52-46(63)53-43-24-50-30(4)23-51-43/h5-12,19-24,28,35,60-61H,13-18,25-27H2,1-4H3,(H,55,64)(H2,51,52,53,63)/t35-/m0/s1. The summed E-state index contributed by atoms with van der Waals surface area (Å²) < 4.78 is 19.9. The number of urea groups is 1. The van der Waals surface area contributed by atoms with Crippen molar-refractivity contribution in [2.24, 2.45) is 0 Å². The van der Waals surface area contributed by atoms with Gasteiger partial charge in [0.15, 0.2) is 11.6 Å². The average molecular weight is 992 g/mol. The smallest absolute Gasteiger partial charge is 0.415 e. The quantitative estimate of drug-likeness (QED) is 0.0850. The number of amides is 4. The second-order valence-corrected chi connectivity index (χ2v) is 17.7. The Hall–Kier alpha value is -7.29. The zero-order valence-corrected chi connectivity index (χ0v) is 39.4. The van der Waals surface area contributed by atoms with Gasteiger partial charge in [-0.25, -0.2) is 29.0 Å². The van der Waals surface area contributed by atoms with E-state index in [1.54, 1.807) is 60.5 Å². The zero-order valence-electron chi connectivity index (χ0n) is 37.9. The maximum absolute atomic E-state index is 13.5. The first-order valence-electron chi connectivity index (χ1n) is 22.0. The number of H-pyrrole nitrogens is 1. The van der Waals surface area contributed by atoms with E-state index in [1.807, 2.05) is 45.0 Å². The molecular formula is C48H51BrN10O9. The molecule has 0 aliphatic carbocycles. The van der Waals surface area contributed by atoms with Crippen molar-refractivity contribution in [2.75, 3.05) is 63.1 Å². The van der Waals surface area contributed by atoms with E-state index in [1.165, 1.54) is 21.7 Å². The van der Waals surface area contributed by atoms with Gasteiger partial charge in [-0.3, -0.25) is 20.0 Å². The molecule has 8 rings (SSSR count). The highest BCUT2D eigenvalue weighted by atomic mass is 79.9. The summed E-state index contributed by atoms with van der Waals surface area (Å²) in [5.41, 5.74) is 4.55. The van der Waals surface area contributed by atoms with Gasteiger partial charge in [-0.1, -0.05) is 41.9 Å². The number of aryl methyl sites for hydroxylation is 2. The Labute approximate surface area is 399 Å². The summed E-state index contributed by atoms with van der Waals surface area (Å²) in [6.07, 6.45) is 1.98. The van der Waals surface area contributed by atoms with Crippen LogP contribution in [0.1, 0.15) is 52.5 Å². The van der Waals surface area contributed by atoms with Crippen LogP contribution in [0.4, 0.5) is 21.1 Å². The maximum atomic E-state index is 13.5. The Morgan fingerprint density at radius 2 is 1.65 bits per heavy atom. The van der Waals surface area contributed by atoms with Gasteiger partial charge in [0.1, 0.15) is 35.7 Å². The highest BCUT2D eigenvalue weighted by Crippen LogP contribution is 2.37. The summed E-state index contributed by atoms with van der Waals surface area (Å²) in [6.45, 7) is 11.4. The Morgan fingerprint density at radius 3 is 2.35 bits per heavy atom. The second-order valence-electron chi connectivity index (χ2n) is 16.9. The van der Waals surface area contributed by atoms with E-state index < -0.39 is 23.9 Å². The van der Waals surface area contributed by atoms with Crippen molar-refractivity contribution in [3.05, 3.63) is 128 Å². The third-order valence-corrected chi connectivity index (χ3v) is 12.5. The Bertz CT molecular complexity index is 2850. The molecule has 4 amide bonds. The number of ether oxygens (including phenoxy) is 3. The summed E-state index contributed by atoms with van der Waals surface area (Å²) >= 11 is 3.51. The number of hydrogen-bond acceptors (Lipinski definition) is 13. The lowest BCUT2D eigenvalue weighted by atomic mass is 9.98. The number of morpholine rings is 1. The normalized spacial score (nSPS) is 15.3. The number of aromatic amines is 1.